The molecule has 0 unspecified atom stereocenters. The Balaban J connectivity index is 1.40. The molecule has 1 atom stereocenters. The topological polar surface area (TPSA) is 84.9 Å². The van der Waals surface area contributed by atoms with Crippen molar-refractivity contribution in [2.75, 3.05) is 30.3 Å². The lowest BCUT2D eigenvalue weighted by atomic mass is 9.86. The predicted molar refractivity (Wildman–Crippen MR) is 134 cm³/mol. The van der Waals surface area contributed by atoms with Crippen molar-refractivity contribution in [2.45, 2.75) is 32.3 Å². The molecule has 3 aromatic carbocycles. The van der Waals surface area contributed by atoms with Crippen molar-refractivity contribution in [1.29, 1.82) is 0 Å². The summed E-state index contributed by atoms with van der Waals surface area (Å²) < 4.78 is 37.9. The second kappa shape index (κ2) is 9.18. The van der Waals surface area contributed by atoms with Gasteiger partial charge in [-0.1, -0.05) is 57.2 Å². The number of benzene rings is 3. The van der Waals surface area contributed by atoms with Gasteiger partial charge in [0.1, 0.15) is 18.1 Å². The predicted octanol–water partition coefficient (Wildman–Crippen LogP) is 3.86. The van der Waals surface area contributed by atoms with E-state index in [1.165, 1.54) is 4.31 Å². The molecule has 0 bridgehead atoms. The van der Waals surface area contributed by atoms with Crippen LogP contribution in [0.5, 0.6) is 11.5 Å². The van der Waals surface area contributed by atoms with Gasteiger partial charge in [-0.2, -0.15) is 0 Å². The first-order chi connectivity index (χ1) is 16.0. The Hall–Kier alpha value is -3.26. The average Bonchev–Trinajstić information content (AvgIpc) is 2.79. The largest absolute Gasteiger partial charge is 0.492 e. The van der Waals surface area contributed by atoms with Crippen LogP contribution in [-0.4, -0.2) is 46.4 Å². The number of fused-ring (bicyclic) bond motifs is 2. The summed E-state index contributed by atoms with van der Waals surface area (Å²) in [7, 11) is -3.60. The highest BCUT2D eigenvalue weighted by molar-refractivity contribution is 7.92. The number of amides is 1. The van der Waals surface area contributed by atoms with Crippen LogP contribution in [0.15, 0.2) is 60.7 Å². The first-order valence-corrected chi connectivity index (χ1v) is 13.1. The molecule has 3 aromatic rings. The zero-order valence-electron chi connectivity index (χ0n) is 19.9. The van der Waals surface area contributed by atoms with Crippen molar-refractivity contribution < 1.29 is 22.7 Å². The smallest absolute Gasteiger partial charge is 0.263 e. The molecule has 1 aliphatic heterocycles. The van der Waals surface area contributed by atoms with Crippen LogP contribution in [0.2, 0.25) is 0 Å². The maximum Gasteiger partial charge on any atom is 0.263 e. The maximum atomic E-state index is 12.8. The Morgan fingerprint density at radius 3 is 2.53 bits per heavy atom. The normalized spacial score (nSPS) is 16.0. The number of ether oxygens (including phenoxy) is 2. The molecule has 0 fully saturated rings. The van der Waals surface area contributed by atoms with Crippen LogP contribution in [0, 0.1) is 0 Å². The van der Waals surface area contributed by atoms with Gasteiger partial charge in [-0.05, 0) is 46.0 Å². The summed E-state index contributed by atoms with van der Waals surface area (Å²) in [5, 5.41) is 4.99. The molecule has 0 radical (unpaired) electrons. The van der Waals surface area contributed by atoms with Gasteiger partial charge < -0.3 is 14.8 Å². The molecule has 1 N–H and O–H groups in total. The van der Waals surface area contributed by atoms with Gasteiger partial charge >= 0.3 is 0 Å². The van der Waals surface area contributed by atoms with E-state index >= 15 is 0 Å². The molecule has 0 aliphatic carbocycles. The first kappa shape index (κ1) is 23.9. The van der Waals surface area contributed by atoms with Crippen molar-refractivity contribution in [3.63, 3.8) is 0 Å². The van der Waals surface area contributed by atoms with Crippen LogP contribution in [0.1, 0.15) is 26.3 Å². The molecule has 0 saturated heterocycles. The van der Waals surface area contributed by atoms with Gasteiger partial charge in [0.15, 0.2) is 6.10 Å². The lowest BCUT2D eigenvalue weighted by molar-refractivity contribution is -0.127. The average molecular weight is 483 g/mol. The third kappa shape index (κ3) is 5.28. The van der Waals surface area contributed by atoms with Gasteiger partial charge in [0.2, 0.25) is 10.0 Å². The van der Waals surface area contributed by atoms with Crippen LogP contribution < -0.4 is 19.1 Å². The van der Waals surface area contributed by atoms with Gasteiger partial charge in [-0.15, -0.1) is 0 Å². The molecule has 4 rings (SSSR count). The van der Waals surface area contributed by atoms with Gasteiger partial charge in [0.05, 0.1) is 25.0 Å². The van der Waals surface area contributed by atoms with E-state index in [1.807, 2.05) is 54.6 Å². The summed E-state index contributed by atoms with van der Waals surface area (Å²) in [6.45, 7) is 6.62. The second-order valence-electron chi connectivity index (χ2n) is 9.48. The Bertz CT molecular complexity index is 1310. The minimum Gasteiger partial charge on any atom is -0.492 e. The fourth-order valence-corrected chi connectivity index (χ4v) is 4.79. The fraction of sp³-hybridized carbons (Fsp3) is 0.346. The summed E-state index contributed by atoms with van der Waals surface area (Å²) >= 11 is 0. The van der Waals surface area contributed by atoms with E-state index in [4.69, 9.17) is 9.47 Å². The van der Waals surface area contributed by atoms with Crippen molar-refractivity contribution >= 4 is 32.4 Å². The molecule has 1 amide bonds. The molecular weight excluding hydrogens is 452 g/mol. The number of hydrogen-bond acceptors (Lipinski definition) is 5. The van der Waals surface area contributed by atoms with E-state index in [9.17, 15) is 13.2 Å². The number of nitrogens with zero attached hydrogens (tertiary/aromatic N) is 1. The van der Waals surface area contributed by atoms with Crippen LogP contribution in [0.25, 0.3) is 10.8 Å². The van der Waals surface area contributed by atoms with Gasteiger partial charge in [0.25, 0.3) is 5.91 Å². The number of rotatable bonds is 6. The Morgan fingerprint density at radius 1 is 1.09 bits per heavy atom. The highest BCUT2D eigenvalue weighted by Crippen LogP contribution is 2.38. The van der Waals surface area contributed by atoms with Crippen LogP contribution >= 0.6 is 0 Å². The summed E-state index contributed by atoms with van der Waals surface area (Å²) in [4.78, 5) is 12.8. The van der Waals surface area contributed by atoms with E-state index < -0.39 is 16.1 Å². The van der Waals surface area contributed by atoms with Crippen LogP contribution in [-0.2, 0) is 20.2 Å². The molecule has 7 nitrogen and oxygen atoms in total. The monoisotopic (exact) mass is 482 g/mol. The van der Waals surface area contributed by atoms with E-state index in [0.717, 1.165) is 22.6 Å². The lowest BCUT2D eigenvalue weighted by Crippen LogP contribution is -2.51. The number of carbonyl (C=O) groups excluding carboxylic acids is 1. The second-order valence-corrected chi connectivity index (χ2v) is 11.4. The lowest BCUT2D eigenvalue weighted by Gasteiger charge is -2.35. The van der Waals surface area contributed by atoms with Gasteiger partial charge in [0, 0.05) is 0 Å². The third-order valence-electron chi connectivity index (χ3n) is 5.78. The number of hydrogen-bond donors (Lipinski definition) is 1. The standard InChI is InChI=1S/C26H30N2O5S/c1-26(2,3)20-10-12-23-22(16-20)28(34(4,30)31)17-24(33-23)25(29)27-13-14-32-21-11-9-18-7-5-6-8-19(18)15-21/h5-12,15-16,24H,13-14,17H2,1-4H3,(H,27,29)/t24-/m1/s1. The number of anilines is 1. The van der Waals surface area contributed by atoms with E-state index in [1.54, 1.807) is 6.07 Å². The van der Waals surface area contributed by atoms with Crippen molar-refractivity contribution in [2.24, 2.45) is 0 Å². The van der Waals surface area contributed by atoms with E-state index in [-0.39, 0.29) is 31.0 Å². The third-order valence-corrected chi connectivity index (χ3v) is 6.92. The highest BCUT2D eigenvalue weighted by atomic mass is 32.2. The summed E-state index contributed by atoms with van der Waals surface area (Å²) in [5.41, 5.74) is 1.29. The summed E-state index contributed by atoms with van der Waals surface area (Å²) in [6, 6.07) is 19.3. The number of nitrogens with one attached hydrogen (secondary N) is 1. The Kier molecular flexibility index (Phi) is 6.45. The van der Waals surface area contributed by atoms with E-state index in [2.05, 4.69) is 26.1 Å². The Labute approximate surface area is 200 Å². The molecule has 180 valence electrons. The molecule has 0 aromatic heterocycles. The van der Waals surface area contributed by atoms with E-state index in [0.29, 0.717) is 17.2 Å². The first-order valence-electron chi connectivity index (χ1n) is 11.2. The fourth-order valence-electron chi connectivity index (χ4n) is 3.88. The SMILES string of the molecule is CC(C)(C)c1ccc2c(c1)N(S(C)(=O)=O)C[C@H](C(=O)NCCOc1ccc3ccccc3c1)O2. The molecule has 0 spiro atoms. The Morgan fingerprint density at radius 2 is 1.82 bits per heavy atom. The van der Waals surface area contributed by atoms with Crippen LogP contribution in [0.3, 0.4) is 0 Å². The highest BCUT2D eigenvalue weighted by Gasteiger charge is 2.35. The molecule has 0 saturated carbocycles. The number of sulfonamides is 1. The molecular formula is C26H30N2O5S. The molecule has 1 aliphatic rings. The van der Waals surface area contributed by atoms with Crippen molar-refractivity contribution in [3.8, 4) is 11.5 Å². The minimum atomic E-state index is -3.60. The number of carbonyl (C=O) groups is 1. The zero-order chi connectivity index (χ0) is 24.5. The summed E-state index contributed by atoms with van der Waals surface area (Å²) in [5.74, 6) is 0.701. The van der Waals surface area contributed by atoms with Crippen molar-refractivity contribution in [1.82, 2.24) is 5.32 Å². The van der Waals surface area contributed by atoms with Crippen LogP contribution in [0.4, 0.5) is 5.69 Å². The quantitative estimate of drug-likeness (QED) is 0.540. The van der Waals surface area contributed by atoms with Gasteiger partial charge in [-0.25, -0.2) is 8.42 Å². The molecule has 8 heteroatoms. The zero-order valence-corrected chi connectivity index (χ0v) is 20.7. The van der Waals surface area contributed by atoms with Gasteiger partial charge in [-0.3, -0.25) is 9.10 Å². The summed E-state index contributed by atoms with van der Waals surface area (Å²) in [6.07, 6.45) is 0.182. The maximum absolute atomic E-state index is 12.8. The molecule has 34 heavy (non-hydrogen) atoms. The minimum absolute atomic E-state index is 0.0865. The molecule has 1 heterocycles. The van der Waals surface area contributed by atoms with Crippen molar-refractivity contribution in [3.05, 3.63) is 66.2 Å².